The zero-order valence-corrected chi connectivity index (χ0v) is 23.0. The molecule has 0 aromatic heterocycles. The molecule has 0 aliphatic carbocycles. The summed E-state index contributed by atoms with van der Waals surface area (Å²) in [5.41, 5.74) is 1.90. The third-order valence-corrected chi connectivity index (χ3v) is 7.72. The first-order valence-corrected chi connectivity index (χ1v) is 13.8. The normalized spacial score (nSPS) is 18.5. The number of piperidine rings is 1. The number of likely N-dealkylation sites (tertiary alicyclic amines) is 2. The van der Waals surface area contributed by atoms with Crippen LogP contribution in [0.5, 0.6) is 0 Å². The number of nitrogens with zero attached hydrogens (tertiary/aromatic N) is 2. The minimum atomic E-state index is -4.54. The van der Waals surface area contributed by atoms with E-state index >= 15 is 0 Å². The zero-order chi connectivity index (χ0) is 28.9. The number of carbonyl (C=O) groups excluding carboxylic acids is 3. The molecule has 216 valence electrons. The molecule has 0 spiro atoms. The molecular formula is C30H37F3N4O3. The summed E-state index contributed by atoms with van der Waals surface area (Å²) in [4.78, 5) is 41.8. The highest BCUT2D eigenvalue weighted by Gasteiger charge is 2.31. The second-order valence-corrected chi connectivity index (χ2v) is 11.0. The van der Waals surface area contributed by atoms with Gasteiger partial charge in [-0.05, 0) is 82.3 Å². The Balaban J connectivity index is 1.13. The van der Waals surface area contributed by atoms with Crippen molar-refractivity contribution < 1.29 is 27.6 Å². The van der Waals surface area contributed by atoms with Crippen LogP contribution in [0, 0.1) is 19.8 Å². The maximum Gasteiger partial charge on any atom is 0.416 e. The second-order valence-electron chi connectivity index (χ2n) is 11.0. The van der Waals surface area contributed by atoms with Crippen LogP contribution in [0.15, 0.2) is 42.5 Å². The molecule has 2 aliphatic heterocycles. The molecule has 3 amide bonds. The van der Waals surface area contributed by atoms with Crippen LogP contribution < -0.4 is 10.6 Å². The smallest absolute Gasteiger partial charge is 0.350 e. The molecule has 2 aromatic rings. The summed E-state index contributed by atoms with van der Waals surface area (Å²) >= 11 is 0. The van der Waals surface area contributed by atoms with E-state index in [9.17, 15) is 27.6 Å². The van der Waals surface area contributed by atoms with E-state index in [1.54, 1.807) is 0 Å². The van der Waals surface area contributed by atoms with Crippen molar-refractivity contribution in [1.82, 2.24) is 20.4 Å². The first-order valence-electron chi connectivity index (χ1n) is 13.8. The third kappa shape index (κ3) is 8.06. The fourth-order valence-corrected chi connectivity index (χ4v) is 5.60. The lowest BCUT2D eigenvalue weighted by atomic mass is 9.93. The predicted molar refractivity (Wildman–Crippen MR) is 146 cm³/mol. The maximum atomic E-state index is 12.9. The Hall–Kier alpha value is -3.40. The number of hydrogen-bond acceptors (Lipinski definition) is 4. The molecule has 0 bridgehead atoms. The maximum absolute atomic E-state index is 12.9. The number of halogens is 3. The summed E-state index contributed by atoms with van der Waals surface area (Å²) in [6, 6.07) is 10.1. The number of amides is 3. The van der Waals surface area contributed by atoms with Gasteiger partial charge in [0.05, 0.1) is 12.1 Å². The predicted octanol–water partition coefficient (Wildman–Crippen LogP) is 4.19. The van der Waals surface area contributed by atoms with Crippen molar-refractivity contribution in [3.05, 3.63) is 70.3 Å². The van der Waals surface area contributed by atoms with E-state index in [-0.39, 0.29) is 30.0 Å². The lowest BCUT2D eigenvalue weighted by Crippen LogP contribution is -2.43. The van der Waals surface area contributed by atoms with Crippen molar-refractivity contribution in [3.63, 3.8) is 0 Å². The molecule has 2 N–H and O–H groups in total. The zero-order valence-electron chi connectivity index (χ0n) is 23.0. The van der Waals surface area contributed by atoms with Crippen LogP contribution in [0.1, 0.15) is 63.1 Å². The molecule has 2 fully saturated rings. The second kappa shape index (κ2) is 12.8. The molecule has 0 saturated carbocycles. The average molecular weight is 559 g/mol. The van der Waals surface area contributed by atoms with Gasteiger partial charge in [-0.1, -0.05) is 23.3 Å². The summed E-state index contributed by atoms with van der Waals surface area (Å²) in [6.45, 7) is 7.75. The first-order chi connectivity index (χ1) is 19.0. The van der Waals surface area contributed by atoms with Gasteiger partial charge >= 0.3 is 6.18 Å². The number of benzene rings is 2. The molecule has 10 heteroatoms. The summed E-state index contributed by atoms with van der Waals surface area (Å²) in [6.07, 6.45) is -0.735. The summed E-state index contributed by atoms with van der Waals surface area (Å²) in [5, 5.41) is 5.31. The Morgan fingerprint density at radius 1 is 0.925 bits per heavy atom. The van der Waals surface area contributed by atoms with Gasteiger partial charge in [0, 0.05) is 43.3 Å². The molecule has 0 radical (unpaired) electrons. The molecule has 2 aromatic carbocycles. The van der Waals surface area contributed by atoms with E-state index < -0.39 is 17.6 Å². The largest absolute Gasteiger partial charge is 0.416 e. The van der Waals surface area contributed by atoms with Crippen LogP contribution >= 0.6 is 0 Å². The van der Waals surface area contributed by atoms with Crippen LogP contribution in [0.4, 0.5) is 13.2 Å². The van der Waals surface area contributed by atoms with Crippen molar-refractivity contribution in [2.75, 3.05) is 39.3 Å². The summed E-state index contributed by atoms with van der Waals surface area (Å²) in [7, 11) is 0. The van der Waals surface area contributed by atoms with Crippen molar-refractivity contribution in [1.29, 1.82) is 0 Å². The molecule has 2 heterocycles. The van der Waals surface area contributed by atoms with Crippen LogP contribution in [-0.2, 0) is 11.0 Å². The van der Waals surface area contributed by atoms with E-state index in [1.165, 1.54) is 12.1 Å². The van der Waals surface area contributed by atoms with Gasteiger partial charge in [0.25, 0.3) is 11.8 Å². The van der Waals surface area contributed by atoms with Crippen LogP contribution in [0.2, 0.25) is 0 Å². The molecule has 40 heavy (non-hydrogen) atoms. The molecule has 0 unspecified atom stereocenters. The molecule has 2 aliphatic rings. The molecule has 2 saturated heterocycles. The number of rotatable bonds is 8. The van der Waals surface area contributed by atoms with E-state index in [0.717, 1.165) is 87.2 Å². The Morgan fingerprint density at radius 2 is 1.62 bits per heavy atom. The van der Waals surface area contributed by atoms with Gasteiger partial charge in [0.1, 0.15) is 0 Å². The molecule has 7 nitrogen and oxygen atoms in total. The minimum absolute atomic E-state index is 0.0322. The van der Waals surface area contributed by atoms with Gasteiger partial charge in [-0.3, -0.25) is 14.4 Å². The van der Waals surface area contributed by atoms with Gasteiger partial charge in [-0.2, -0.15) is 13.2 Å². The Bertz CT molecular complexity index is 1200. The molecule has 4 rings (SSSR count). The average Bonchev–Trinajstić information content (AvgIpc) is 3.36. The van der Waals surface area contributed by atoms with Gasteiger partial charge in [0.2, 0.25) is 5.91 Å². The highest BCUT2D eigenvalue weighted by molar-refractivity contribution is 5.96. The van der Waals surface area contributed by atoms with Gasteiger partial charge in [-0.15, -0.1) is 0 Å². The lowest BCUT2D eigenvalue weighted by Gasteiger charge is -2.33. The summed E-state index contributed by atoms with van der Waals surface area (Å²) in [5.74, 6) is -0.429. The fourth-order valence-electron chi connectivity index (χ4n) is 5.60. The quantitative estimate of drug-likeness (QED) is 0.509. The number of alkyl halides is 3. The standard InChI is InChI=1S/C30H37F3N4O3/c1-20-14-21(2)16-24(15-20)29(40)37-12-7-22(8-13-37)6-10-36-11-9-26(19-36)35-27(38)18-34-28(39)23-4-3-5-25(17-23)30(31,32)33/h3-5,14-17,22,26H,6-13,18-19H2,1-2H3,(H,34,39)(H,35,38)/t26-/m1/s1. The first kappa shape index (κ1) is 29.6. The number of aryl methyl sites for hydroxylation is 2. The van der Waals surface area contributed by atoms with Gasteiger partial charge < -0.3 is 20.4 Å². The minimum Gasteiger partial charge on any atom is -0.350 e. The SMILES string of the molecule is Cc1cc(C)cc(C(=O)N2CCC(CCN3CC[C@@H](NC(=O)CNC(=O)c4cccc(C(F)(F)F)c4)C3)CC2)c1. The number of nitrogens with one attached hydrogen (secondary N) is 2. The van der Waals surface area contributed by atoms with E-state index in [4.69, 9.17) is 0 Å². The topological polar surface area (TPSA) is 81.8 Å². The highest BCUT2D eigenvalue weighted by Crippen LogP contribution is 2.29. The van der Waals surface area contributed by atoms with Crippen molar-refractivity contribution >= 4 is 17.7 Å². The fraction of sp³-hybridized carbons (Fsp3) is 0.500. The Labute approximate surface area is 233 Å². The van der Waals surface area contributed by atoms with E-state index in [2.05, 4.69) is 21.6 Å². The van der Waals surface area contributed by atoms with Crippen molar-refractivity contribution in [3.8, 4) is 0 Å². The van der Waals surface area contributed by atoms with E-state index in [0.29, 0.717) is 5.92 Å². The van der Waals surface area contributed by atoms with Crippen LogP contribution in [0.25, 0.3) is 0 Å². The van der Waals surface area contributed by atoms with Crippen molar-refractivity contribution in [2.24, 2.45) is 5.92 Å². The molecule has 1 atom stereocenters. The van der Waals surface area contributed by atoms with Gasteiger partial charge in [-0.25, -0.2) is 0 Å². The van der Waals surface area contributed by atoms with E-state index in [1.807, 2.05) is 30.9 Å². The number of carbonyl (C=O) groups is 3. The lowest BCUT2D eigenvalue weighted by molar-refractivity contribution is -0.137. The summed E-state index contributed by atoms with van der Waals surface area (Å²) < 4.78 is 38.6. The van der Waals surface area contributed by atoms with Gasteiger partial charge in [0.15, 0.2) is 0 Å². The monoisotopic (exact) mass is 558 g/mol. The Morgan fingerprint density at radius 3 is 2.30 bits per heavy atom. The van der Waals surface area contributed by atoms with Crippen LogP contribution in [0.3, 0.4) is 0 Å². The van der Waals surface area contributed by atoms with Crippen molar-refractivity contribution in [2.45, 2.75) is 51.7 Å². The third-order valence-electron chi connectivity index (χ3n) is 7.72. The Kier molecular flexibility index (Phi) is 9.50. The van der Waals surface area contributed by atoms with Crippen LogP contribution in [-0.4, -0.2) is 72.8 Å². The highest BCUT2D eigenvalue weighted by atomic mass is 19.4. The number of hydrogen-bond donors (Lipinski definition) is 2. The molecular weight excluding hydrogens is 521 g/mol.